The van der Waals surface area contributed by atoms with Crippen molar-refractivity contribution in [2.24, 2.45) is 13.0 Å². The third-order valence-electron chi connectivity index (χ3n) is 2.98. The van der Waals surface area contributed by atoms with Gasteiger partial charge in [0.15, 0.2) is 0 Å². The van der Waals surface area contributed by atoms with Crippen LogP contribution in [-0.2, 0) is 7.05 Å². The first-order valence-electron chi connectivity index (χ1n) is 5.54. The van der Waals surface area contributed by atoms with E-state index >= 15 is 0 Å². The predicted octanol–water partition coefficient (Wildman–Crippen LogP) is 1.51. The van der Waals surface area contributed by atoms with Crippen molar-refractivity contribution in [2.45, 2.75) is 12.8 Å². The molecule has 88 valence electrons. The lowest BCUT2D eigenvalue weighted by atomic mass is 9.99. The largest absolute Gasteiger partial charge is 0.338 e. The van der Waals surface area contributed by atoms with Gasteiger partial charge in [-0.05, 0) is 18.8 Å². The molecule has 1 amide bonds. The summed E-state index contributed by atoms with van der Waals surface area (Å²) in [5.74, 6) is 1.15. The van der Waals surface area contributed by atoms with E-state index in [9.17, 15) is 4.79 Å². The number of aromatic nitrogens is 2. The zero-order valence-corrected chi connectivity index (χ0v) is 10.2. The van der Waals surface area contributed by atoms with Crippen LogP contribution in [0.4, 0.5) is 0 Å². The minimum absolute atomic E-state index is 0.0721. The Bertz CT molecular complexity index is 377. The Morgan fingerprint density at radius 3 is 3.12 bits per heavy atom. The SMILES string of the molecule is Cn1cc(C(=O)N2CCCC(CCl)C2)cn1. The molecule has 1 aliphatic rings. The Morgan fingerprint density at radius 1 is 1.69 bits per heavy atom. The summed E-state index contributed by atoms with van der Waals surface area (Å²) in [5.41, 5.74) is 0.665. The average Bonchev–Trinajstić information content (AvgIpc) is 2.75. The number of hydrogen-bond acceptors (Lipinski definition) is 2. The van der Waals surface area contributed by atoms with E-state index in [-0.39, 0.29) is 5.91 Å². The molecule has 1 atom stereocenters. The molecule has 1 aromatic heterocycles. The number of carbonyl (C=O) groups excluding carboxylic acids is 1. The van der Waals surface area contributed by atoms with Gasteiger partial charge in [0.1, 0.15) is 0 Å². The van der Waals surface area contributed by atoms with Crippen molar-refractivity contribution in [3.63, 3.8) is 0 Å². The average molecular weight is 242 g/mol. The number of aryl methyl sites for hydroxylation is 1. The van der Waals surface area contributed by atoms with Crippen molar-refractivity contribution in [1.29, 1.82) is 0 Å². The summed E-state index contributed by atoms with van der Waals surface area (Å²) in [6.45, 7) is 1.61. The van der Waals surface area contributed by atoms with Crippen LogP contribution >= 0.6 is 11.6 Å². The highest BCUT2D eigenvalue weighted by Gasteiger charge is 2.24. The Hall–Kier alpha value is -1.03. The normalized spacial score (nSPS) is 21.1. The quantitative estimate of drug-likeness (QED) is 0.737. The Morgan fingerprint density at radius 2 is 2.50 bits per heavy atom. The maximum atomic E-state index is 12.1. The maximum absolute atomic E-state index is 12.1. The summed E-state index contributed by atoms with van der Waals surface area (Å²) >= 11 is 5.85. The number of halogens is 1. The van der Waals surface area contributed by atoms with Gasteiger partial charge < -0.3 is 4.90 Å². The monoisotopic (exact) mass is 241 g/mol. The predicted molar refractivity (Wildman–Crippen MR) is 62.6 cm³/mol. The van der Waals surface area contributed by atoms with Crippen LogP contribution in [-0.4, -0.2) is 39.6 Å². The summed E-state index contributed by atoms with van der Waals surface area (Å²) in [6.07, 6.45) is 5.54. The summed E-state index contributed by atoms with van der Waals surface area (Å²) in [5, 5.41) is 4.01. The molecule has 1 saturated heterocycles. The van der Waals surface area contributed by atoms with Gasteiger partial charge in [0.05, 0.1) is 11.8 Å². The number of amides is 1. The summed E-state index contributed by atoms with van der Waals surface area (Å²) in [6, 6.07) is 0. The van der Waals surface area contributed by atoms with E-state index < -0.39 is 0 Å². The van der Waals surface area contributed by atoms with E-state index in [2.05, 4.69) is 5.10 Å². The highest BCUT2D eigenvalue weighted by molar-refractivity contribution is 6.18. The second-order valence-electron chi connectivity index (χ2n) is 4.32. The lowest BCUT2D eigenvalue weighted by molar-refractivity contribution is 0.0685. The summed E-state index contributed by atoms with van der Waals surface area (Å²) in [7, 11) is 1.81. The first kappa shape index (κ1) is 11.5. The topological polar surface area (TPSA) is 38.1 Å². The van der Waals surface area contributed by atoms with Crippen molar-refractivity contribution in [3.05, 3.63) is 18.0 Å². The van der Waals surface area contributed by atoms with Gasteiger partial charge in [-0.1, -0.05) is 0 Å². The lowest BCUT2D eigenvalue weighted by Crippen LogP contribution is -2.40. The van der Waals surface area contributed by atoms with Crippen LogP contribution in [0.5, 0.6) is 0 Å². The number of nitrogens with zero attached hydrogens (tertiary/aromatic N) is 3. The molecular formula is C11H16ClN3O. The fourth-order valence-electron chi connectivity index (χ4n) is 2.09. The maximum Gasteiger partial charge on any atom is 0.257 e. The molecule has 1 fully saturated rings. The molecule has 1 aromatic rings. The first-order valence-corrected chi connectivity index (χ1v) is 6.08. The van der Waals surface area contributed by atoms with E-state index in [4.69, 9.17) is 11.6 Å². The molecule has 5 heteroatoms. The van der Waals surface area contributed by atoms with Crippen molar-refractivity contribution in [2.75, 3.05) is 19.0 Å². The number of rotatable bonds is 2. The molecule has 0 spiro atoms. The second kappa shape index (κ2) is 4.87. The van der Waals surface area contributed by atoms with Gasteiger partial charge in [0.25, 0.3) is 5.91 Å². The molecule has 0 aromatic carbocycles. The standard InChI is InChI=1S/C11H16ClN3O/c1-14-8-10(6-13-14)11(16)15-4-2-3-9(5-12)7-15/h6,8-9H,2-5,7H2,1H3. The van der Waals surface area contributed by atoms with Crippen LogP contribution in [0.15, 0.2) is 12.4 Å². The van der Waals surface area contributed by atoms with Crippen LogP contribution in [0.25, 0.3) is 0 Å². The molecule has 0 aliphatic carbocycles. The molecule has 2 rings (SSSR count). The lowest BCUT2D eigenvalue weighted by Gasteiger charge is -2.31. The van der Waals surface area contributed by atoms with Gasteiger partial charge in [0.2, 0.25) is 0 Å². The molecule has 0 saturated carbocycles. The fourth-order valence-corrected chi connectivity index (χ4v) is 2.34. The minimum Gasteiger partial charge on any atom is -0.338 e. The van der Waals surface area contributed by atoms with Crippen molar-refractivity contribution >= 4 is 17.5 Å². The first-order chi connectivity index (χ1) is 7.70. The smallest absolute Gasteiger partial charge is 0.257 e. The summed E-state index contributed by atoms with van der Waals surface area (Å²) < 4.78 is 1.65. The molecule has 1 unspecified atom stereocenters. The van der Waals surface area contributed by atoms with E-state index in [0.29, 0.717) is 17.4 Å². The van der Waals surface area contributed by atoms with Crippen LogP contribution in [0.3, 0.4) is 0 Å². The number of likely N-dealkylation sites (tertiary alicyclic amines) is 1. The van der Waals surface area contributed by atoms with Crippen molar-refractivity contribution < 1.29 is 4.79 Å². The number of hydrogen-bond donors (Lipinski definition) is 0. The molecule has 0 N–H and O–H groups in total. The number of alkyl halides is 1. The van der Waals surface area contributed by atoms with Gasteiger partial charge >= 0.3 is 0 Å². The van der Waals surface area contributed by atoms with E-state index in [1.165, 1.54) is 0 Å². The Balaban J connectivity index is 2.04. The zero-order valence-electron chi connectivity index (χ0n) is 9.40. The fraction of sp³-hybridized carbons (Fsp3) is 0.636. The number of piperidine rings is 1. The molecule has 0 radical (unpaired) electrons. The van der Waals surface area contributed by atoms with Crippen molar-refractivity contribution in [1.82, 2.24) is 14.7 Å². The molecule has 0 bridgehead atoms. The van der Waals surface area contributed by atoms with Crippen LogP contribution in [0, 0.1) is 5.92 Å². The van der Waals surface area contributed by atoms with Gasteiger partial charge in [0, 0.05) is 32.2 Å². The highest BCUT2D eigenvalue weighted by atomic mass is 35.5. The van der Waals surface area contributed by atoms with Crippen LogP contribution in [0.2, 0.25) is 0 Å². The van der Waals surface area contributed by atoms with Crippen LogP contribution < -0.4 is 0 Å². The van der Waals surface area contributed by atoms with Crippen molar-refractivity contribution in [3.8, 4) is 0 Å². The highest BCUT2D eigenvalue weighted by Crippen LogP contribution is 2.19. The van der Waals surface area contributed by atoms with E-state index in [1.54, 1.807) is 17.1 Å². The van der Waals surface area contributed by atoms with Gasteiger partial charge in [-0.3, -0.25) is 9.48 Å². The molecule has 4 nitrogen and oxygen atoms in total. The zero-order chi connectivity index (χ0) is 11.5. The second-order valence-corrected chi connectivity index (χ2v) is 4.63. The molecular weight excluding hydrogens is 226 g/mol. The van der Waals surface area contributed by atoms with E-state index in [0.717, 1.165) is 25.9 Å². The minimum atomic E-state index is 0.0721. The van der Waals surface area contributed by atoms with E-state index in [1.807, 2.05) is 11.9 Å². The van der Waals surface area contributed by atoms with Crippen LogP contribution in [0.1, 0.15) is 23.2 Å². The Kier molecular flexibility index (Phi) is 3.49. The molecule has 1 aliphatic heterocycles. The molecule has 16 heavy (non-hydrogen) atoms. The third kappa shape index (κ3) is 2.38. The van der Waals surface area contributed by atoms with Gasteiger partial charge in [-0.15, -0.1) is 11.6 Å². The third-order valence-corrected chi connectivity index (χ3v) is 3.41. The van der Waals surface area contributed by atoms with Gasteiger partial charge in [-0.25, -0.2) is 0 Å². The summed E-state index contributed by atoms with van der Waals surface area (Å²) in [4.78, 5) is 14.0. The number of carbonyl (C=O) groups is 1. The Labute approximate surface area is 100 Å². The van der Waals surface area contributed by atoms with Gasteiger partial charge in [-0.2, -0.15) is 5.10 Å². The molecule has 2 heterocycles.